The van der Waals surface area contributed by atoms with Gasteiger partial charge in [0.15, 0.2) is 0 Å². The van der Waals surface area contributed by atoms with Crippen LogP contribution in [0.5, 0.6) is 0 Å². The lowest BCUT2D eigenvalue weighted by molar-refractivity contribution is 0.0692. The summed E-state index contributed by atoms with van der Waals surface area (Å²) >= 11 is 0. The first-order chi connectivity index (χ1) is 11.3. The molecule has 1 aliphatic carbocycles. The van der Waals surface area contributed by atoms with Crippen molar-refractivity contribution in [2.75, 3.05) is 12.0 Å². The van der Waals surface area contributed by atoms with Crippen LogP contribution in [0.25, 0.3) is 5.82 Å². The minimum atomic E-state index is -3.14. The molecule has 1 saturated carbocycles. The van der Waals surface area contributed by atoms with Gasteiger partial charge in [-0.3, -0.25) is 4.79 Å². The Morgan fingerprint density at radius 2 is 2.00 bits per heavy atom. The van der Waals surface area contributed by atoms with Crippen molar-refractivity contribution in [3.8, 4) is 5.82 Å². The predicted octanol–water partition coefficient (Wildman–Crippen LogP) is 1.91. The first-order valence-electron chi connectivity index (χ1n) is 7.95. The molecule has 7 heteroatoms. The van der Waals surface area contributed by atoms with Crippen LogP contribution in [-0.4, -0.2) is 52.9 Å². The number of sulfone groups is 1. The van der Waals surface area contributed by atoms with E-state index >= 15 is 0 Å². The highest BCUT2D eigenvalue weighted by Gasteiger charge is 2.37. The average Bonchev–Trinajstić information content (AvgIpc) is 3.18. The summed E-state index contributed by atoms with van der Waals surface area (Å²) in [6.45, 7) is 1.79. The first-order valence-corrected chi connectivity index (χ1v) is 10.0. The van der Waals surface area contributed by atoms with Gasteiger partial charge >= 0.3 is 0 Å². The second kappa shape index (κ2) is 6.39. The SMILES string of the molecule is CC(CS(C)(=O)=O)N(C(=O)c1ccc(-n2cccc2)nc1)C1CC1. The molecular formula is C17H21N3O3S. The van der Waals surface area contributed by atoms with E-state index in [1.165, 1.54) is 6.26 Å². The zero-order chi connectivity index (χ0) is 17.3. The van der Waals surface area contributed by atoms with Crippen molar-refractivity contribution in [2.24, 2.45) is 0 Å². The fourth-order valence-electron chi connectivity index (χ4n) is 2.90. The number of amides is 1. The average molecular weight is 347 g/mol. The van der Waals surface area contributed by atoms with E-state index in [1.54, 1.807) is 30.2 Å². The Balaban J connectivity index is 1.80. The summed E-state index contributed by atoms with van der Waals surface area (Å²) in [5.74, 6) is 0.559. The van der Waals surface area contributed by atoms with E-state index < -0.39 is 9.84 Å². The quantitative estimate of drug-likeness (QED) is 0.800. The molecule has 0 spiro atoms. The van der Waals surface area contributed by atoms with Crippen LogP contribution in [0.2, 0.25) is 0 Å². The van der Waals surface area contributed by atoms with E-state index in [-0.39, 0.29) is 23.7 Å². The maximum atomic E-state index is 12.8. The lowest BCUT2D eigenvalue weighted by Crippen LogP contribution is -2.43. The number of hydrogen-bond donors (Lipinski definition) is 0. The minimum absolute atomic E-state index is 0.0237. The molecule has 6 nitrogen and oxygen atoms in total. The number of rotatable bonds is 6. The summed E-state index contributed by atoms with van der Waals surface area (Å²) in [4.78, 5) is 18.9. The van der Waals surface area contributed by atoms with Crippen molar-refractivity contribution in [2.45, 2.75) is 31.8 Å². The minimum Gasteiger partial charge on any atom is -0.332 e. The molecule has 1 fully saturated rings. The van der Waals surface area contributed by atoms with E-state index in [0.29, 0.717) is 5.56 Å². The smallest absolute Gasteiger partial charge is 0.255 e. The van der Waals surface area contributed by atoms with Gasteiger partial charge in [-0.25, -0.2) is 13.4 Å². The first kappa shape index (κ1) is 16.7. The maximum absolute atomic E-state index is 12.8. The number of hydrogen-bond acceptors (Lipinski definition) is 4. The summed E-state index contributed by atoms with van der Waals surface area (Å²) < 4.78 is 25.0. The third-order valence-electron chi connectivity index (χ3n) is 4.06. The Kier molecular flexibility index (Phi) is 4.45. The maximum Gasteiger partial charge on any atom is 0.255 e. The monoisotopic (exact) mass is 347 g/mol. The fourth-order valence-corrected chi connectivity index (χ4v) is 3.94. The molecule has 3 rings (SSSR count). The van der Waals surface area contributed by atoms with Crippen molar-refractivity contribution in [1.29, 1.82) is 0 Å². The number of pyridine rings is 1. The molecule has 1 aliphatic rings. The normalized spacial score (nSPS) is 15.9. The molecule has 1 unspecified atom stereocenters. The van der Waals surface area contributed by atoms with Crippen LogP contribution < -0.4 is 0 Å². The number of carbonyl (C=O) groups excluding carboxylic acids is 1. The summed E-state index contributed by atoms with van der Waals surface area (Å²) in [5.41, 5.74) is 0.484. The van der Waals surface area contributed by atoms with Gasteiger partial charge in [-0.15, -0.1) is 0 Å². The van der Waals surface area contributed by atoms with Crippen molar-refractivity contribution >= 4 is 15.7 Å². The molecule has 2 aromatic heterocycles. The van der Waals surface area contributed by atoms with E-state index in [0.717, 1.165) is 18.7 Å². The second-order valence-corrected chi connectivity index (χ2v) is 8.57. The van der Waals surface area contributed by atoms with Gasteiger partial charge in [0.2, 0.25) is 0 Å². The molecule has 2 aromatic rings. The predicted molar refractivity (Wildman–Crippen MR) is 91.9 cm³/mol. The zero-order valence-electron chi connectivity index (χ0n) is 13.8. The van der Waals surface area contributed by atoms with Crippen molar-refractivity contribution in [3.63, 3.8) is 0 Å². The van der Waals surface area contributed by atoms with Gasteiger partial charge < -0.3 is 9.47 Å². The van der Waals surface area contributed by atoms with Gasteiger partial charge in [-0.05, 0) is 44.0 Å². The lowest BCUT2D eigenvalue weighted by Gasteiger charge is -2.29. The number of carbonyl (C=O) groups is 1. The van der Waals surface area contributed by atoms with Gasteiger partial charge in [0.05, 0.1) is 11.3 Å². The molecule has 0 saturated heterocycles. The number of aromatic nitrogens is 2. The van der Waals surface area contributed by atoms with Crippen molar-refractivity contribution in [3.05, 3.63) is 48.4 Å². The highest BCUT2D eigenvalue weighted by molar-refractivity contribution is 7.90. The number of nitrogens with zero attached hydrogens (tertiary/aromatic N) is 3. The molecule has 2 heterocycles. The van der Waals surface area contributed by atoms with Crippen LogP contribution in [-0.2, 0) is 9.84 Å². The van der Waals surface area contributed by atoms with E-state index in [9.17, 15) is 13.2 Å². The van der Waals surface area contributed by atoms with Gasteiger partial charge in [0.25, 0.3) is 5.91 Å². The Hall–Kier alpha value is -2.15. The van der Waals surface area contributed by atoms with Crippen LogP contribution >= 0.6 is 0 Å². The van der Waals surface area contributed by atoms with Crippen LogP contribution in [0.3, 0.4) is 0 Å². The second-order valence-electron chi connectivity index (χ2n) is 6.38. The molecule has 1 amide bonds. The van der Waals surface area contributed by atoms with Crippen molar-refractivity contribution < 1.29 is 13.2 Å². The molecule has 24 heavy (non-hydrogen) atoms. The standard InChI is InChI=1S/C17H21N3O3S/c1-13(12-24(2,22)23)20(15-6-7-15)17(21)14-5-8-16(18-11-14)19-9-3-4-10-19/h3-5,8-11,13,15H,6-7,12H2,1-2H3. The van der Waals surface area contributed by atoms with Crippen LogP contribution in [0.15, 0.2) is 42.9 Å². The van der Waals surface area contributed by atoms with E-state index in [2.05, 4.69) is 4.98 Å². The Labute approximate surface area is 142 Å². The largest absolute Gasteiger partial charge is 0.332 e. The van der Waals surface area contributed by atoms with Crippen LogP contribution in [0, 0.1) is 0 Å². The molecule has 0 N–H and O–H groups in total. The van der Waals surface area contributed by atoms with Gasteiger partial charge in [-0.2, -0.15) is 0 Å². The molecule has 0 aliphatic heterocycles. The summed E-state index contributed by atoms with van der Waals surface area (Å²) in [6, 6.07) is 7.14. The van der Waals surface area contributed by atoms with Crippen molar-refractivity contribution in [1.82, 2.24) is 14.5 Å². The topological polar surface area (TPSA) is 72.3 Å². The Morgan fingerprint density at radius 1 is 1.33 bits per heavy atom. The third kappa shape index (κ3) is 3.84. The third-order valence-corrected chi connectivity index (χ3v) is 5.15. The van der Waals surface area contributed by atoms with Crippen LogP contribution in [0.4, 0.5) is 0 Å². The Morgan fingerprint density at radius 3 is 2.50 bits per heavy atom. The fraction of sp³-hybridized carbons (Fsp3) is 0.412. The van der Waals surface area contributed by atoms with Crippen LogP contribution in [0.1, 0.15) is 30.1 Å². The van der Waals surface area contributed by atoms with E-state index in [4.69, 9.17) is 0 Å². The Bertz CT molecular complexity index is 809. The molecule has 0 radical (unpaired) electrons. The highest BCUT2D eigenvalue weighted by Crippen LogP contribution is 2.30. The zero-order valence-corrected chi connectivity index (χ0v) is 14.6. The molecule has 1 atom stereocenters. The summed E-state index contributed by atoms with van der Waals surface area (Å²) in [6.07, 6.45) is 8.37. The van der Waals surface area contributed by atoms with E-state index in [1.807, 2.05) is 29.1 Å². The van der Waals surface area contributed by atoms with Gasteiger partial charge in [0.1, 0.15) is 15.7 Å². The molecule has 0 aromatic carbocycles. The molecule has 128 valence electrons. The summed E-state index contributed by atoms with van der Waals surface area (Å²) in [7, 11) is -3.14. The lowest BCUT2D eigenvalue weighted by atomic mass is 10.2. The van der Waals surface area contributed by atoms with Gasteiger partial charge in [-0.1, -0.05) is 0 Å². The molecular weight excluding hydrogens is 326 g/mol. The molecule has 0 bridgehead atoms. The summed E-state index contributed by atoms with van der Waals surface area (Å²) in [5, 5.41) is 0. The highest BCUT2D eigenvalue weighted by atomic mass is 32.2. The van der Waals surface area contributed by atoms with Gasteiger partial charge in [0, 0.05) is 36.9 Å².